The van der Waals surface area contributed by atoms with Crippen molar-refractivity contribution in [3.05, 3.63) is 51.6 Å². The third-order valence-electron chi connectivity index (χ3n) is 2.83. The minimum absolute atomic E-state index is 0.573. The molecule has 0 aliphatic carbocycles. The van der Waals surface area contributed by atoms with Crippen LogP contribution in [0.4, 0.5) is 11.6 Å². The van der Waals surface area contributed by atoms with Crippen molar-refractivity contribution in [2.24, 2.45) is 0 Å². The highest BCUT2D eigenvalue weighted by Crippen LogP contribution is 2.25. The van der Waals surface area contributed by atoms with E-state index in [1.54, 1.807) is 17.5 Å². The Morgan fingerprint density at radius 2 is 1.86 bits per heavy atom. The molecule has 3 aromatic rings. The van der Waals surface area contributed by atoms with Gasteiger partial charge < -0.3 is 5.32 Å². The fourth-order valence-corrected chi connectivity index (χ4v) is 3.31. The van der Waals surface area contributed by atoms with E-state index in [2.05, 4.69) is 68.2 Å². The lowest BCUT2D eigenvalue weighted by Gasteiger charge is -2.07. The van der Waals surface area contributed by atoms with Crippen LogP contribution in [0.1, 0.15) is 11.1 Å². The lowest BCUT2D eigenvalue weighted by Crippen LogP contribution is -1.98. The molecule has 0 aliphatic heterocycles. The molecule has 1 N–H and O–H groups in total. The molecule has 3 rings (SSSR count). The van der Waals surface area contributed by atoms with Crippen LogP contribution in [0.15, 0.2) is 40.4 Å². The number of rotatable bonds is 3. The third-order valence-corrected chi connectivity index (χ3v) is 4.40. The zero-order valence-corrected chi connectivity index (χ0v) is 14.0. The van der Waals surface area contributed by atoms with E-state index in [0.717, 1.165) is 21.0 Å². The SMILES string of the molecule is Cc1cc(C)cc(Nc2nccc(-c3nc(Br)cs3)n2)c1. The molecule has 0 amide bonds. The fourth-order valence-electron chi connectivity index (χ4n) is 2.09. The van der Waals surface area contributed by atoms with Gasteiger partial charge in [0.2, 0.25) is 5.95 Å². The number of anilines is 2. The number of hydrogen-bond donors (Lipinski definition) is 1. The van der Waals surface area contributed by atoms with Crippen molar-refractivity contribution in [3.63, 3.8) is 0 Å². The number of nitrogens with zero attached hydrogens (tertiary/aromatic N) is 3. The Morgan fingerprint density at radius 3 is 2.52 bits per heavy atom. The summed E-state index contributed by atoms with van der Waals surface area (Å²) in [5.74, 6) is 0.573. The molecule has 1 aromatic carbocycles. The Morgan fingerprint density at radius 1 is 1.10 bits per heavy atom. The molecule has 0 atom stereocenters. The van der Waals surface area contributed by atoms with E-state index in [-0.39, 0.29) is 0 Å². The molecule has 0 saturated heterocycles. The lowest BCUT2D eigenvalue weighted by atomic mass is 10.1. The largest absolute Gasteiger partial charge is 0.324 e. The van der Waals surface area contributed by atoms with Gasteiger partial charge in [0, 0.05) is 17.3 Å². The van der Waals surface area contributed by atoms with Crippen LogP contribution in [0.5, 0.6) is 0 Å². The van der Waals surface area contributed by atoms with Gasteiger partial charge in [-0.25, -0.2) is 15.0 Å². The Labute approximate surface area is 135 Å². The van der Waals surface area contributed by atoms with Gasteiger partial charge in [-0.15, -0.1) is 11.3 Å². The van der Waals surface area contributed by atoms with Crippen LogP contribution in [-0.2, 0) is 0 Å². The molecule has 0 fully saturated rings. The highest BCUT2D eigenvalue weighted by Gasteiger charge is 2.07. The molecule has 2 heterocycles. The van der Waals surface area contributed by atoms with Crippen molar-refractivity contribution < 1.29 is 0 Å². The zero-order chi connectivity index (χ0) is 14.8. The van der Waals surface area contributed by atoms with Gasteiger partial charge in [-0.1, -0.05) is 6.07 Å². The molecular weight excluding hydrogens is 348 g/mol. The highest BCUT2D eigenvalue weighted by molar-refractivity contribution is 9.10. The minimum Gasteiger partial charge on any atom is -0.324 e. The quantitative estimate of drug-likeness (QED) is 0.733. The van der Waals surface area contributed by atoms with Gasteiger partial charge in [0.25, 0.3) is 0 Å². The standard InChI is InChI=1S/C15H13BrN4S/c1-9-5-10(2)7-11(6-9)18-15-17-4-3-12(19-15)14-20-13(16)8-21-14/h3-8H,1-2H3,(H,17,18,19). The summed E-state index contributed by atoms with van der Waals surface area (Å²) in [7, 11) is 0. The molecule has 0 radical (unpaired) electrons. The van der Waals surface area contributed by atoms with E-state index in [1.165, 1.54) is 11.1 Å². The lowest BCUT2D eigenvalue weighted by molar-refractivity contribution is 1.16. The summed E-state index contributed by atoms with van der Waals surface area (Å²) in [6, 6.07) is 8.14. The molecule has 6 heteroatoms. The Balaban J connectivity index is 1.89. The molecule has 106 valence electrons. The van der Waals surface area contributed by atoms with Gasteiger partial charge >= 0.3 is 0 Å². The molecule has 0 unspecified atom stereocenters. The first-order valence-corrected chi connectivity index (χ1v) is 8.07. The maximum absolute atomic E-state index is 4.52. The van der Waals surface area contributed by atoms with Crippen LogP contribution in [0.25, 0.3) is 10.7 Å². The summed E-state index contributed by atoms with van der Waals surface area (Å²) in [4.78, 5) is 13.2. The van der Waals surface area contributed by atoms with Crippen molar-refractivity contribution in [3.8, 4) is 10.7 Å². The molecule has 4 nitrogen and oxygen atoms in total. The maximum atomic E-state index is 4.52. The van der Waals surface area contributed by atoms with Gasteiger partial charge in [-0.3, -0.25) is 0 Å². The molecule has 21 heavy (non-hydrogen) atoms. The van der Waals surface area contributed by atoms with Crippen molar-refractivity contribution in [1.82, 2.24) is 15.0 Å². The van der Waals surface area contributed by atoms with Crippen molar-refractivity contribution in [2.45, 2.75) is 13.8 Å². The second-order valence-corrected chi connectivity index (χ2v) is 6.41. The Hall–Kier alpha value is -1.79. The van der Waals surface area contributed by atoms with Crippen molar-refractivity contribution in [2.75, 3.05) is 5.32 Å². The molecule has 0 bridgehead atoms. The summed E-state index contributed by atoms with van der Waals surface area (Å²) >= 11 is 4.90. The van der Waals surface area contributed by atoms with Crippen LogP contribution in [-0.4, -0.2) is 15.0 Å². The summed E-state index contributed by atoms with van der Waals surface area (Å²) in [6.45, 7) is 4.14. The van der Waals surface area contributed by atoms with Crippen molar-refractivity contribution >= 4 is 38.9 Å². The van der Waals surface area contributed by atoms with Gasteiger partial charge in [0.15, 0.2) is 0 Å². The first-order valence-electron chi connectivity index (χ1n) is 6.40. The number of hydrogen-bond acceptors (Lipinski definition) is 5. The van der Waals surface area contributed by atoms with E-state index >= 15 is 0 Å². The number of halogens is 1. The number of nitrogens with one attached hydrogen (secondary N) is 1. The summed E-state index contributed by atoms with van der Waals surface area (Å²) < 4.78 is 0.824. The Kier molecular flexibility index (Phi) is 3.98. The fraction of sp³-hybridized carbons (Fsp3) is 0.133. The topological polar surface area (TPSA) is 50.7 Å². The van der Waals surface area contributed by atoms with Crippen LogP contribution in [0, 0.1) is 13.8 Å². The van der Waals surface area contributed by atoms with Gasteiger partial charge in [0.1, 0.15) is 15.3 Å². The van der Waals surface area contributed by atoms with E-state index in [4.69, 9.17) is 0 Å². The highest BCUT2D eigenvalue weighted by atomic mass is 79.9. The predicted octanol–water partition coefficient (Wildman–Crippen LogP) is 4.72. The first kappa shape index (κ1) is 14.2. The van der Waals surface area contributed by atoms with E-state index in [9.17, 15) is 0 Å². The van der Waals surface area contributed by atoms with Gasteiger partial charge in [-0.2, -0.15) is 0 Å². The molecule has 0 aliphatic rings. The van der Waals surface area contributed by atoms with Crippen LogP contribution < -0.4 is 5.32 Å². The van der Waals surface area contributed by atoms with Crippen molar-refractivity contribution in [1.29, 1.82) is 0 Å². The molecule has 0 saturated carbocycles. The van der Waals surface area contributed by atoms with E-state index in [0.29, 0.717) is 5.95 Å². The van der Waals surface area contributed by atoms with Crippen LogP contribution >= 0.6 is 27.3 Å². The van der Waals surface area contributed by atoms with Crippen LogP contribution in [0.3, 0.4) is 0 Å². The van der Waals surface area contributed by atoms with Gasteiger partial charge in [-0.05, 0) is 59.1 Å². The average Bonchev–Trinajstić information content (AvgIpc) is 2.84. The van der Waals surface area contributed by atoms with E-state index in [1.807, 2.05) is 11.4 Å². The third kappa shape index (κ3) is 3.46. The number of benzene rings is 1. The predicted molar refractivity (Wildman–Crippen MR) is 90.0 cm³/mol. The number of aryl methyl sites for hydroxylation is 2. The zero-order valence-electron chi connectivity index (χ0n) is 11.6. The summed E-state index contributed by atoms with van der Waals surface area (Å²) in [5.41, 5.74) is 4.22. The minimum atomic E-state index is 0.573. The molecule has 2 aromatic heterocycles. The first-order chi connectivity index (χ1) is 10.1. The number of aromatic nitrogens is 3. The number of thiazole rings is 1. The maximum Gasteiger partial charge on any atom is 0.227 e. The summed E-state index contributed by atoms with van der Waals surface area (Å²) in [5, 5.41) is 6.05. The Bertz CT molecular complexity index is 765. The second kappa shape index (κ2) is 5.91. The molecular formula is C15H13BrN4S. The summed E-state index contributed by atoms with van der Waals surface area (Å²) in [6.07, 6.45) is 1.74. The second-order valence-electron chi connectivity index (χ2n) is 4.74. The smallest absolute Gasteiger partial charge is 0.227 e. The average molecular weight is 361 g/mol. The van der Waals surface area contributed by atoms with Crippen LogP contribution in [0.2, 0.25) is 0 Å². The van der Waals surface area contributed by atoms with Gasteiger partial charge in [0.05, 0.1) is 0 Å². The monoisotopic (exact) mass is 360 g/mol. The van der Waals surface area contributed by atoms with E-state index < -0.39 is 0 Å². The molecule has 0 spiro atoms. The normalized spacial score (nSPS) is 10.6.